The minimum atomic E-state index is -1.16. The molecule has 0 aliphatic heterocycles. The highest BCUT2D eigenvalue weighted by Gasteiger charge is 2.12. The van der Waals surface area contributed by atoms with Crippen molar-refractivity contribution in [1.29, 1.82) is 0 Å². The van der Waals surface area contributed by atoms with Gasteiger partial charge in [0, 0.05) is 0 Å². The van der Waals surface area contributed by atoms with Gasteiger partial charge >= 0.3 is 0 Å². The molecular weight excluding hydrogens is 178 g/mol. The number of halogens is 1. The number of carbonyl (C=O) groups excluding carboxylic acids is 1. The molecule has 4 heteroatoms. The molecule has 0 bridgehead atoms. The van der Waals surface area contributed by atoms with E-state index in [0.29, 0.717) is 10.8 Å². The van der Waals surface area contributed by atoms with Crippen molar-refractivity contribution in [2.45, 2.75) is 5.50 Å². The fraction of sp³-hybridized carbons (Fsp3) is 0.125. The molecule has 1 aromatic carbocycles. The minimum Gasteiger partial charge on any atom is -0.287 e. The standard InChI is InChI=1S/C8H7ClNO2/c9-8(6-11)10(12)7-4-2-1-3-5-7/h1-5,8,12H/t8-/m1/s1. The second-order valence-electron chi connectivity index (χ2n) is 2.13. The summed E-state index contributed by atoms with van der Waals surface area (Å²) < 4.78 is 0. The zero-order chi connectivity index (χ0) is 8.97. The van der Waals surface area contributed by atoms with Crippen LogP contribution in [0.5, 0.6) is 0 Å². The summed E-state index contributed by atoms with van der Waals surface area (Å²) in [6, 6.07) is 8.52. The lowest BCUT2D eigenvalue weighted by atomic mass is 10.3. The molecule has 1 atom stereocenters. The Bertz CT molecular complexity index is 252. The number of anilines is 1. The topological polar surface area (TPSA) is 40.5 Å². The molecule has 0 aliphatic carbocycles. The van der Waals surface area contributed by atoms with E-state index in [4.69, 9.17) is 11.6 Å². The Morgan fingerprint density at radius 1 is 1.42 bits per heavy atom. The van der Waals surface area contributed by atoms with E-state index in [2.05, 4.69) is 0 Å². The average molecular weight is 185 g/mol. The second kappa shape index (κ2) is 4.09. The molecule has 1 N–H and O–H groups in total. The summed E-state index contributed by atoms with van der Waals surface area (Å²) in [7, 11) is 0. The molecule has 0 fully saturated rings. The van der Waals surface area contributed by atoms with Gasteiger partial charge in [-0.3, -0.25) is 10.0 Å². The number of nitrogens with zero attached hydrogens (tertiary/aromatic N) is 1. The largest absolute Gasteiger partial charge is 0.287 e. The van der Waals surface area contributed by atoms with Crippen molar-refractivity contribution in [3.63, 3.8) is 0 Å². The second-order valence-corrected chi connectivity index (χ2v) is 2.55. The van der Waals surface area contributed by atoms with Gasteiger partial charge in [0.1, 0.15) is 0 Å². The van der Waals surface area contributed by atoms with Crippen LogP contribution in [0.4, 0.5) is 5.69 Å². The Labute approximate surface area is 75.1 Å². The molecule has 0 aliphatic rings. The molecule has 63 valence electrons. The van der Waals surface area contributed by atoms with Crippen molar-refractivity contribution < 1.29 is 10.0 Å². The number of rotatable bonds is 3. The van der Waals surface area contributed by atoms with E-state index >= 15 is 0 Å². The molecule has 3 nitrogen and oxygen atoms in total. The first-order valence-corrected chi connectivity index (χ1v) is 3.74. The summed E-state index contributed by atoms with van der Waals surface area (Å²) in [5, 5.41) is 9.88. The molecule has 0 saturated carbocycles. The van der Waals surface area contributed by atoms with Gasteiger partial charge in [0.25, 0.3) is 0 Å². The highest BCUT2D eigenvalue weighted by atomic mass is 35.5. The van der Waals surface area contributed by atoms with Gasteiger partial charge in [-0.15, -0.1) is 0 Å². The molecule has 0 spiro atoms. The molecule has 0 saturated heterocycles. The average Bonchev–Trinajstić information content (AvgIpc) is 2.17. The van der Waals surface area contributed by atoms with Crippen molar-refractivity contribution >= 4 is 23.6 Å². The van der Waals surface area contributed by atoms with Crippen LogP contribution in [0, 0.1) is 0 Å². The highest BCUT2D eigenvalue weighted by molar-refractivity contribution is 6.28. The third kappa shape index (κ3) is 1.96. The normalized spacial score (nSPS) is 12.2. The maximum atomic E-state index is 10.1. The maximum absolute atomic E-state index is 10.1. The van der Waals surface area contributed by atoms with E-state index < -0.39 is 5.50 Å². The first-order chi connectivity index (χ1) is 5.75. The van der Waals surface area contributed by atoms with E-state index in [9.17, 15) is 10.0 Å². The van der Waals surface area contributed by atoms with Gasteiger partial charge in [-0.2, -0.15) is 0 Å². The van der Waals surface area contributed by atoms with Gasteiger partial charge in [0.15, 0.2) is 5.50 Å². The number of hydrogen-bond acceptors (Lipinski definition) is 3. The molecule has 1 rings (SSSR count). The van der Waals surface area contributed by atoms with Crippen LogP contribution in [0.15, 0.2) is 30.3 Å². The molecular formula is C8H7ClNO2. The number of hydroxylamine groups is 1. The molecule has 0 unspecified atom stereocenters. The van der Waals surface area contributed by atoms with Crippen LogP contribution in [0.25, 0.3) is 0 Å². The first kappa shape index (κ1) is 9.03. The summed E-state index contributed by atoms with van der Waals surface area (Å²) in [6.07, 6.45) is 1.45. The zero-order valence-electron chi connectivity index (χ0n) is 6.14. The minimum absolute atomic E-state index is 0.459. The Kier molecular flexibility index (Phi) is 3.08. The maximum Gasteiger partial charge on any atom is 0.242 e. The molecule has 1 aromatic rings. The van der Waals surface area contributed by atoms with Crippen LogP contribution in [0.1, 0.15) is 0 Å². The fourth-order valence-electron chi connectivity index (χ4n) is 0.762. The molecule has 0 amide bonds. The van der Waals surface area contributed by atoms with Crippen molar-refractivity contribution in [3.05, 3.63) is 30.3 Å². The summed E-state index contributed by atoms with van der Waals surface area (Å²) in [4.78, 5) is 10.1. The van der Waals surface area contributed by atoms with Gasteiger partial charge in [-0.1, -0.05) is 29.8 Å². The third-order valence-corrected chi connectivity index (χ3v) is 1.61. The fourth-order valence-corrected chi connectivity index (χ4v) is 0.874. The summed E-state index contributed by atoms with van der Waals surface area (Å²) in [6.45, 7) is 0. The lowest BCUT2D eigenvalue weighted by molar-refractivity contribution is 0.258. The number of alkyl halides is 1. The van der Waals surface area contributed by atoms with Gasteiger partial charge in [-0.05, 0) is 12.1 Å². The van der Waals surface area contributed by atoms with Crippen LogP contribution in [0.3, 0.4) is 0 Å². The van der Waals surface area contributed by atoms with E-state index in [1.54, 1.807) is 30.3 Å². The number of benzene rings is 1. The van der Waals surface area contributed by atoms with Crippen LogP contribution in [-0.2, 0) is 4.79 Å². The van der Waals surface area contributed by atoms with E-state index in [0.717, 1.165) is 0 Å². The number of para-hydroxylation sites is 1. The SMILES string of the molecule is O=[C][C@H](Cl)N(O)c1ccccc1. The quantitative estimate of drug-likeness (QED) is 0.440. The van der Waals surface area contributed by atoms with Crippen LogP contribution >= 0.6 is 11.6 Å². The Morgan fingerprint density at radius 3 is 2.50 bits per heavy atom. The van der Waals surface area contributed by atoms with Gasteiger partial charge in [0.05, 0.1) is 5.69 Å². The van der Waals surface area contributed by atoms with Gasteiger partial charge in [-0.25, -0.2) is 5.06 Å². The van der Waals surface area contributed by atoms with Crippen molar-refractivity contribution in [1.82, 2.24) is 0 Å². The predicted molar refractivity (Wildman–Crippen MR) is 46.0 cm³/mol. The smallest absolute Gasteiger partial charge is 0.242 e. The van der Waals surface area contributed by atoms with Crippen molar-refractivity contribution in [2.75, 3.05) is 5.06 Å². The van der Waals surface area contributed by atoms with E-state index in [1.165, 1.54) is 6.29 Å². The van der Waals surface area contributed by atoms with E-state index in [-0.39, 0.29) is 0 Å². The van der Waals surface area contributed by atoms with Gasteiger partial charge < -0.3 is 0 Å². The van der Waals surface area contributed by atoms with Crippen LogP contribution in [0.2, 0.25) is 0 Å². The van der Waals surface area contributed by atoms with Crippen molar-refractivity contribution in [3.8, 4) is 0 Å². The molecule has 0 heterocycles. The lowest BCUT2D eigenvalue weighted by Gasteiger charge is -2.17. The van der Waals surface area contributed by atoms with Crippen LogP contribution < -0.4 is 5.06 Å². The first-order valence-electron chi connectivity index (χ1n) is 3.30. The molecule has 0 aromatic heterocycles. The predicted octanol–water partition coefficient (Wildman–Crippen LogP) is 1.56. The van der Waals surface area contributed by atoms with Crippen molar-refractivity contribution in [2.24, 2.45) is 0 Å². The molecule has 1 radical (unpaired) electrons. The summed E-state index contributed by atoms with van der Waals surface area (Å²) >= 11 is 5.40. The number of hydrogen-bond donors (Lipinski definition) is 1. The summed E-state index contributed by atoms with van der Waals surface area (Å²) in [5.74, 6) is 0. The summed E-state index contributed by atoms with van der Waals surface area (Å²) in [5.41, 5.74) is -0.701. The molecule has 12 heavy (non-hydrogen) atoms. The third-order valence-electron chi connectivity index (χ3n) is 1.33. The lowest BCUT2D eigenvalue weighted by Crippen LogP contribution is -2.28. The van der Waals surface area contributed by atoms with Gasteiger partial charge in [0.2, 0.25) is 6.29 Å². The zero-order valence-corrected chi connectivity index (χ0v) is 6.90. The van der Waals surface area contributed by atoms with Crippen LogP contribution in [-0.4, -0.2) is 17.0 Å². The Balaban J connectivity index is 2.78. The highest BCUT2D eigenvalue weighted by Crippen LogP contribution is 2.14. The van der Waals surface area contributed by atoms with E-state index in [1.807, 2.05) is 0 Å². The Hall–Kier alpha value is -1.06. The monoisotopic (exact) mass is 184 g/mol. The Morgan fingerprint density at radius 2 is 2.00 bits per heavy atom.